The van der Waals surface area contributed by atoms with Crippen LogP contribution in [0.4, 0.5) is 0 Å². The largest absolute Gasteiger partial charge is 0.493 e. The van der Waals surface area contributed by atoms with E-state index in [4.69, 9.17) is 9.47 Å². The molecule has 1 heterocycles. The minimum atomic E-state index is 0.0570. The van der Waals surface area contributed by atoms with Crippen molar-refractivity contribution in [2.24, 2.45) is 5.92 Å². The summed E-state index contributed by atoms with van der Waals surface area (Å²) in [5, 5.41) is 0. The number of Topliss-reactive ketones (excluding diaryl/α,β-unsaturated/α-hetero) is 1. The fourth-order valence-electron chi connectivity index (χ4n) is 3.86. The number of carbonyl (C=O) groups excluding carboxylic acids is 2. The molecule has 0 atom stereocenters. The number of nitrogens with zero attached hydrogens (tertiary/aromatic N) is 2. The van der Waals surface area contributed by atoms with Crippen molar-refractivity contribution in [3.63, 3.8) is 0 Å². The van der Waals surface area contributed by atoms with Gasteiger partial charge >= 0.3 is 0 Å². The number of ketones is 1. The lowest BCUT2D eigenvalue weighted by Crippen LogP contribution is -2.51. The van der Waals surface area contributed by atoms with Gasteiger partial charge < -0.3 is 14.4 Å². The summed E-state index contributed by atoms with van der Waals surface area (Å²) in [4.78, 5) is 29.2. The van der Waals surface area contributed by atoms with Gasteiger partial charge in [0, 0.05) is 37.7 Å². The van der Waals surface area contributed by atoms with Crippen LogP contribution >= 0.6 is 0 Å². The number of hydrogen-bond donors (Lipinski definition) is 0. The third kappa shape index (κ3) is 4.18. The monoisotopic (exact) mass is 360 g/mol. The Hall–Kier alpha value is -2.08. The van der Waals surface area contributed by atoms with Crippen LogP contribution < -0.4 is 9.47 Å². The second kappa shape index (κ2) is 8.54. The zero-order valence-corrected chi connectivity index (χ0v) is 15.7. The lowest BCUT2D eigenvalue weighted by Gasteiger charge is -2.35. The summed E-state index contributed by atoms with van der Waals surface area (Å²) < 4.78 is 10.5. The van der Waals surface area contributed by atoms with Crippen molar-refractivity contribution in [1.82, 2.24) is 9.80 Å². The normalized spacial score (nSPS) is 18.8. The van der Waals surface area contributed by atoms with E-state index in [-0.39, 0.29) is 11.7 Å². The molecule has 0 spiro atoms. The summed E-state index contributed by atoms with van der Waals surface area (Å²) in [6, 6.07) is 5.24. The molecule has 0 N–H and O–H groups in total. The van der Waals surface area contributed by atoms with Crippen LogP contribution in [0.2, 0.25) is 0 Å². The molecule has 1 saturated carbocycles. The highest BCUT2D eigenvalue weighted by Gasteiger charge is 2.29. The van der Waals surface area contributed by atoms with Crippen LogP contribution in [0.5, 0.6) is 11.5 Å². The molecule has 1 saturated heterocycles. The highest BCUT2D eigenvalue weighted by atomic mass is 16.5. The summed E-state index contributed by atoms with van der Waals surface area (Å²) in [5.41, 5.74) is 0.618. The average Bonchev–Trinajstić information content (AvgIpc) is 3.22. The zero-order chi connectivity index (χ0) is 18.5. The van der Waals surface area contributed by atoms with Gasteiger partial charge in [-0.2, -0.15) is 0 Å². The molecule has 1 aromatic rings. The first-order chi connectivity index (χ1) is 12.6. The fraction of sp³-hybridized carbons (Fsp3) is 0.600. The summed E-state index contributed by atoms with van der Waals surface area (Å²) in [5.74, 6) is 1.78. The maximum absolute atomic E-state index is 12.6. The van der Waals surface area contributed by atoms with Crippen LogP contribution in [-0.4, -0.2) is 68.4 Å². The Morgan fingerprint density at radius 3 is 2.27 bits per heavy atom. The molecule has 1 aliphatic heterocycles. The van der Waals surface area contributed by atoms with Crippen LogP contribution in [0.3, 0.4) is 0 Å². The van der Waals surface area contributed by atoms with Crippen molar-refractivity contribution in [3.05, 3.63) is 23.8 Å². The number of piperazine rings is 1. The molecule has 2 aliphatic rings. The molecule has 1 aliphatic carbocycles. The Bertz CT molecular complexity index is 647. The summed E-state index contributed by atoms with van der Waals surface area (Å²) >= 11 is 0. The quantitative estimate of drug-likeness (QED) is 0.728. The van der Waals surface area contributed by atoms with Gasteiger partial charge in [-0.3, -0.25) is 14.5 Å². The Morgan fingerprint density at radius 1 is 1.00 bits per heavy atom. The van der Waals surface area contributed by atoms with Crippen LogP contribution in [0.25, 0.3) is 0 Å². The van der Waals surface area contributed by atoms with Gasteiger partial charge in [0.15, 0.2) is 17.3 Å². The number of rotatable bonds is 6. The maximum Gasteiger partial charge on any atom is 0.225 e. The summed E-state index contributed by atoms with van der Waals surface area (Å²) in [6.07, 6.45) is 4.43. The summed E-state index contributed by atoms with van der Waals surface area (Å²) in [6.45, 7) is 3.29. The Morgan fingerprint density at radius 2 is 1.65 bits per heavy atom. The lowest BCUT2D eigenvalue weighted by atomic mass is 10.1. The zero-order valence-electron chi connectivity index (χ0n) is 15.7. The van der Waals surface area contributed by atoms with Crippen molar-refractivity contribution < 1.29 is 19.1 Å². The van der Waals surface area contributed by atoms with Gasteiger partial charge in [-0.15, -0.1) is 0 Å². The fourth-order valence-corrected chi connectivity index (χ4v) is 3.86. The Kier molecular flexibility index (Phi) is 6.14. The standard InChI is InChI=1S/C20H28N2O4/c1-25-18-8-7-16(13-19(18)26-2)17(23)14-21-9-11-22(12-10-21)20(24)15-5-3-4-6-15/h7-8,13,15H,3-6,9-12,14H2,1-2H3. The van der Waals surface area contributed by atoms with Crippen molar-refractivity contribution in [2.45, 2.75) is 25.7 Å². The number of amides is 1. The lowest BCUT2D eigenvalue weighted by molar-refractivity contribution is -0.137. The topological polar surface area (TPSA) is 59.1 Å². The maximum atomic E-state index is 12.6. The molecule has 6 nitrogen and oxygen atoms in total. The minimum Gasteiger partial charge on any atom is -0.493 e. The Balaban J connectivity index is 1.52. The molecule has 142 valence electrons. The predicted molar refractivity (Wildman–Crippen MR) is 98.9 cm³/mol. The van der Waals surface area contributed by atoms with Gasteiger partial charge in [0.2, 0.25) is 5.91 Å². The van der Waals surface area contributed by atoms with Gasteiger partial charge in [0.25, 0.3) is 0 Å². The minimum absolute atomic E-state index is 0.0570. The van der Waals surface area contributed by atoms with E-state index >= 15 is 0 Å². The molecule has 1 amide bonds. The number of hydrogen-bond acceptors (Lipinski definition) is 5. The first-order valence-corrected chi connectivity index (χ1v) is 9.38. The van der Waals surface area contributed by atoms with E-state index in [2.05, 4.69) is 4.90 Å². The van der Waals surface area contributed by atoms with Crippen molar-refractivity contribution >= 4 is 11.7 Å². The molecule has 6 heteroatoms. The molecular formula is C20H28N2O4. The number of carbonyl (C=O) groups is 2. The SMILES string of the molecule is COc1ccc(C(=O)CN2CCN(C(=O)C3CCCC3)CC2)cc1OC. The molecule has 0 unspecified atom stereocenters. The van der Waals surface area contributed by atoms with Crippen molar-refractivity contribution in [1.29, 1.82) is 0 Å². The first kappa shape index (κ1) is 18.7. The van der Waals surface area contributed by atoms with E-state index in [0.717, 1.165) is 25.9 Å². The van der Waals surface area contributed by atoms with E-state index in [1.807, 2.05) is 4.90 Å². The van der Waals surface area contributed by atoms with Gasteiger partial charge in [0.05, 0.1) is 20.8 Å². The third-order valence-corrected chi connectivity index (χ3v) is 5.46. The second-order valence-electron chi connectivity index (χ2n) is 7.08. The van der Waals surface area contributed by atoms with Crippen LogP contribution in [0, 0.1) is 5.92 Å². The van der Waals surface area contributed by atoms with Crippen molar-refractivity contribution in [2.75, 3.05) is 46.9 Å². The van der Waals surface area contributed by atoms with Gasteiger partial charge in [-0.05, 0) is 31.0 Å². The van der Waals surface area contributed by atoms with E-state index in [0.29, 0.717) is 42.6 Å². The van der Waals surface area contributed by atoms with Gasteiger partial charge in [-0.1, -0.05) is 12.8 Å². The smallest absolute Gasteiger partial charge is 0.225 e. The van der Waals surface area contributed by atoms with Gasteiger partial charge in [0.1, 0.15) is 0 Å². The number of ether oxygens (including phenoxy) is 2. The number of benzene rings is 1. The Labute approximate surface area is 155 Å². The molecular weight excluding hydrogens is 332 g/mol. The van der Waals surface area contributed by atoms with Crippen LogP contribution in [0.1, 0.15) is 36.0 Å². The molecule has 26 heavy (non-hydrogen) atoms. The van der Waals surface area contributed by atoms with E-state index in [1.165, 1.54) is 12.8 Å². The van der Waals surface area contributed by atoms with E-state index < -0.39 is 0 Å². The second-order valence-corrected chi connectivity index (χ2v) is 7.08. The molecule has 1 aromatic carbocycles. The first-order valence-electron chi connectivity index (χ1n) is 9.38. The molecule has 2 fully saturated rings. The highest BCUT2D eigenvalue weighted by Crippen LogP contribution is 2.28. The van der Waals surface area contributed by atoms with Crippen LogP contribution in [0.15, 0.2) is 18.2 Å². The van der Waals surface area contributed by atoms with Crippen LogP contribution in [-0.2, 0) is 4.79 Å². The average molecular weight is 360 g/mol. The van der Waals surface area contributed by atoms with Gasteiger partial charge in [-0.25, -0.2) is 0 Å². The van der Waals surface area contributed by atoms with E-state index in [1.54, 1.807) is 32.4 Å². The third-order valence-electron chi connectivity index (χ3n) is 5.46. The molecule has 0 radical (unpaired) electrons. The van der Waals surface area contributed by atoms with E-state index in [9.17, 15) is 9.59 Å². The molecule has 3 rings (SSSR count). The molecule has 0 bridgehead atoms. The molecule has 0 aromatic heterocycles. The summed E-state index contributed by atoms with van der Waals surface area (Å²) in [7, 11) is 3.14. The highest BCUT2D eigenvalue weighted by molar-refractivity contribution is 5.98. The van der Waals surface area contributed by atoms with Crippen molar-refractivity contribution in [3.8, 4) is 11.5 Å². The predicted octanol–water partition coefficient (Wildman–Crippen LogP) is 2.22. The number of methoxy groups -OCH3 is 2.